The van der Waals surface area contributed by atoms with Crippen molar-refractivity contribution in [1.29, 1.82) is 0 Å². The van der Waals surface area contributed by atoms with Crippen LogP contribution in [0.1, 0.15) is 0 Å². The smallest absolute Gasteiger partial charge is 0.373 e. The molecule has 118 valence electrons. The van der Waals surface area contributed by atoms with Crippen molar-refractivity contribution in [3.63, 3.8) is 0 Å². The second kappa shape index (κ2) is 6.41. The van der Waals surface area contributed by atoms with Crippen LogP contribution in [0.25, 0.3) is 0 Å². The first kappa shape index (κ1) is 15.7. The van der Waals surface area contributed by atoms with Crippen LogP contribution in [0.3, 0.4) is 0 Å². The second-order valence-electron chi connectivity index (χ2n) is 4.36. The van der Waals surface area contributed by atoms with Gasteiger partial charge in [0.2, 0.25) is 5.76 Å². The van der Waals surface area contributed by atoms with Gasteiger partial charge in [-0.3, -0.25) is 10.1 Å². The molecule has 0 amide bonds. The molecule has 9 heteroatoms. The molecule has 0 aliphatic carbocycles. The Morgan fingerprint density at radius 1 is 1.32 bits per heavy atom. The van der Waals surface area contributed by atoms with Gasteiger partial charge >= 0.3 is 5.97 Å². The van der Waals surface area contributed by atoms with Crippen LogP contribution >= 0.6 is 0 Å². The van der Waals surface area contributed by atoms with Gasteiger partial charge in [-0.2, -0.15) is 0 Å². The Kier molecular flexibility index (Phi) is 4.59. The largest absolute Gasteiger partial charge is 0.463 e. The van der Waals surface area contributed by atoms with Crippen molar-refractivity contribution >= 4 is 11.7 Å². The van der Waals surface area contributed by atoms with Crippen LogP contribution < -0.4 is 4.74 Å². The van der Waals surface area contributed by atoms with Crippen LogP contribution in [0.15, 0.2) is 36.1 Å². The quantitative estimate of drug-likeness (QED) is 0.455. The fraction of sp³-hybridized carbons (Fsp3) is 0.308. The lowest BCUT2D eigenvalue weighted by atomic mass is 10.1. The third-order valence-corrected chi connectivity index (χ3v) is 2.88. The topological polar surface area (TPSA) is 128 Å². The number of hydrogen-bond donors (Lipinski definition) is 2. The van der Waals surface area contributed by atoms with Gasteiger partial charge in [-0.1, -0.05) is 0 Å². The van der Waals surface area contributed by atoms with Crippen molar-refractivity contribution in [2.24, 2.45) is 0 Å². The summed E-state index contributed by atoms with van der Waals surface area (Å²) in [4.78, 5) is 21.4. The average Bonchev–Trinajstić information content (AvgIpc) is 2.51. The molecule has 0 bridgehead atoms. The molecule has 0 saturated heterocycles. The van der Waals surface area contributed by atoms with Crippen LogP contribution in [0.4, 0.5) is 5.69 Å². The van der Waals surface area contributed by atoms with Gasteiger partial charge in [-0.05, 0) is 18.2 Å². The molecule has 0 unspecified atom stereocenters. The Labute approximate surface area is 124 Å². The first-order valence-electron chi connectivity index (χ1n) is 6.16. The molecule has 9 nitrogen and oxygen atoms in total. The second-order valence-corrected chi connectivity index (χ2v) is 4.36. The number of nitrogens with zero attached hydrogens (tertiary/aromatic N) is 1. The molecule has 0 spiro atoms. The summed E-state index contributed by atoms with van der Waals surface area (Å²) in [6.07, 6.45) is -3.18. The van der Waals surface area contributed by atoms with Crippen LogP contribution in [0.2, 0.25) is 0 Å². The number of hydrogen-bond acceptors (Lipinski definition) is 8. The average molecular weight is 311 g/mol. The molecule has 2 N–H and O–H groups in total. The predicted molar refractivity (Wildman–Crippen MR) is 70.7 cm³/mol. The first-order chi connectivity index (χ1) is 10.4. The molecule has 1 aliphatic rings. The Hall–Kier alpha value is -2.65. The lowest BCUT2D eigenvalue weighted by molar-refractivity contribution is -0.384. The van der Waals surface area contributed by atoms with Gasteiger partial charge < -0.3 is 24.4 Å². The standard InChI is InChI=1S/C13H13NO8/c1-20-12(17)10-6-9(15)11(16)13(22-10)21-8-4-2-7(3-5-8)14(18)19/h2-6,9,11,13,15-16H,1H3/t9-,11-,13-/m1/s1. The lowest BCUT2D eigenvalue weighted by Gasteiger charge is -2.30. The zero-order valence-corrected chi connectivity index (χ0v) is 11.4. The molecular weight excluding hydrogens is 298 g/mol. The minimum atomic E-state index is -1.44. The number of aliphatic hydroxyl groups is 2. The van der Waals surface area contributed by atoms with E-state index < -0.39 is 29.4 Å². The number of nitro groups is 1. The Bertz CT molecular complexity index is 597. The molecule has 1 heterocycles. The number of nitro benzene ring substituents is 1. The summed E-state index contributed by atoms with van der Waals surface area (Å²) in [5.74, 6) is -0.969. The number of esters is 1. The van der Waals surface area contributed by atoms with Gasteiger partial charge in [0.25, 0.3) is 12.0 Å². The maximum absolute atomic E-state index is 11.4. The highest BCUT2D eigenvalue weighted by Gasteiger charge is 2.36. The summed E-state index contributed by atoms with van der Waals surface area (Å²) in [7, 11) is 1.14. The molecule has 1 aliphatic heterocycles. The van der Waals surface area contributed by atoms with E-state index in [9.17, 15) is 25.1 Å². The number of ether oxygens (including phenoxy) is 3. The number of methoxy groups -OCH3 is 1. The lowest BCUT2D eigenvalue weighted by Crippen LogP contribution is -2.46. The van der Waals surface area contributed by atoms with Crippen LogP contribution in [0, 0.1) is 10.1 Å². The maximum Gasteiger partial charge on any atom is 0.373 e. The van der Waals surface area contributed by atoms with Crippen molar-refractivity contribution in [1.82, 2.24) is 0 Å². The Balaban J connectivity index is 2.13. The minimum Gasteiger partial charge on any atom is -0.463 e. The van der Waals surface area contributed by atoms with Crippen molar-refractivity contribution < 1.29 is 34.1 Å². The van der Waals surface area contributed by atoms with E-state index in [1.54, 1.807) is 0 Å². The van der Waals surface area contributed by atoms with Crippen LogP contribution in [-0.4, -0.2) is 46.7 Å². The Morgan fingerprint density at radius 2 is 1.95 bits per heavy atom. The molecule has 0 saturated carbocycles. The third kappa shape index (κ3) is 3.32. The summed E-state index contributed by atoms with van der Waals surface area (Å²) in [5, 5.41) is 30.0. The summed E-state index contributed by atoms with van der Waals surface area (Å²) in [6, 6.07) is 5.02. The molecule has 3 atom stereocenters. The molecule has 2 rings (SSSR count). The molecule has 1 aromatic carbocycles. The van der Waals surface area contributed by atoms with E-state index in [4.69, 9.17) is 9.47 Å². The highest BCUT2D eigenvalue weighted by Crippen LogP contribution is 2.24. The number of non-ortho nitro benzene ring substituents is 1. The molecule has 0 aromatic heterocycles. The summed E-state index contributed by atoms with van der Waals surface area (Å²) in [6.45, 7) is 0. The number of rotatable bonds is 4. The van der Waals surface area contributed by atoms with E-state index in [1.165, 1.54) is 24.3 Å². The molecule has 22 heavy (non-hydrogen) atoms. The summed E-state index contributed by atoms with van der Waals surface area (Å²) < 4.78 is 14.9. The van der Waals surface area contributed by atoms with E-state index in [0.717, 1.165) is 13.2 Å². The van der Waals surface area contributed by atoms with E-state index in [1.807, 2.05) is 0 Å². The summed E-state index contributed by atoms with van der Waals surface area (Å²) in [5.41, 5.74) is -0.132. The zero-order chi connectivity index (χ0) is 16.3. The number of carbonyl (C=O) groups is 1. The van der Waals surface area contributed by atoms with Crippen molar-refractivity contribution in [2.75, 3.05) is 7.11 Å². The van der Waals surface area contributed by atoms with Crippen LogP contribution in [-0.2, 0) is 14.3 Å². The first-order valence-corrected chi connectivity index (χ1v) is 6.16. The monoisotopic (exact) mass is 311 g/mol. The van der Waals surface area contributed by atoms with Gasteiger partial charge in [0.05, 0.1) is 12.0 Å². The van der Waals surface area contributed by atoms with Gasteiger partial charge in [-0.25, -0.2) is 4.79 Å². The van der Waals surface area contributed by atoms with Crippen LogP contribution in [0.5, 0.6) is 5.75 Å². The van der Waals surface area contributed by atoms with E-state index in [-0.39, 0.29) is 17.2 Å². The van der Waals surface area contributed by atoms with Gasteiger partial charge in [0.1, 0.15) is 11.9 Å². The third-order valence-electron chi connectivity index (χ3n) is 2.88. The maximum atomic E-state index is 11.4. The van der Waals surface area contributed by atoms with E-state index >= 15 is 0 Å². The van der Waals surface area contributed by atoms with Crippen molar-refractivity contribution in [3.05, 3.63) is 46.2 Å². The highest BCUT2D eigenvalue weighted by atomic mass is 16.7. The molecule has 0 fully saturated rings. The van der Waals surface area contributed by atoms with E-state index in [2.05, 4.69) is 4.74 Å². The highest BCUT2D eigenvalue weighted by molar-refractivity contribution is 5.86. The zero-order valence-electron chi connectivity index (χ0n) is 11.4. The molecule has 0 radical (unpaired) electrons. The molecular formula is C13H13NO8. The normalized spacial score (nSPS) is 24.0. The Morgan fingerprint density at radius 3 is 2.50 bits per heavy atom. The van der Waals surface area contributed by atoms with E-state index in [0.29, 0.717) is 0 Å². The number of benzene rings is 1. The minimum absolute atomic E-state index is 0.132. The van der Waals surface area contributed by atoms with Gasteiger partial charge in [0, 0.05) is 12.1 Å². The SMILES string of the molecule is COC(=O)C1=C[C@@H](O)[C@@H](O)[C@H](Oc2ccc([N+](=O)[O-])cc2)O1. The molecule has 1 aromatic rings. The predicted octanol–water partition coefficient (Wildman–Crippen LogP) is 0.109. The number of aliphatic hydroxyl groups excluding tert-OH is 2. The fourth-order valence-corrected chi connectivity index (χ4v) is 1.74. The van der Waals surface area contributed by atoms with Gasteiger partial charge in [0.15, 0.2) is 6.10 Å². The van der Waals surface area contributed by atoms with Gasteiger partial charge in [-0.15, -0.1) is 0 Å². The van der Waals surface area contributed by atoms with Crippen molar-refractivity contribution in [2.45, 2.75) is 18.5 Å². The van der Waals surface area contributed by atoms with Crippen molar-refractivity contribution in [3.8, 4) is 5.75 Å². The number of carbonyl (C=O) groups excluding carboxylic acids is 1. The summed E-state index contributed by atoms with van der Waals surface area (Å²) >= 11 is 0. The fourth-order valence-electron chi connectivity index (χ4n) is 1.74.